The first kappa shape index (κ1) is 31.4. The Morgan fingerprint density at radius 1 is 0.975 bits per heavy atom. The summed E-state index contributed by atoms with van der Waals surface area (Å²) >= 11 is 12.6. The van der Waals surface area contributed by atoms with Gasteiger partial charge in [-0.05, 0) is 57.5 Å². The molecule has 0 unspecified atom stereocenters. The van der Waals surface area contributed by atoms with Gasteiger partial charge >= 0.3 is 0 Å². The molecule has 40 heavy (non-hydrogen) atoms. The fourth-order valence-electron chi connectivity index (χ4n) is 3.89. The molecule has 2 atom stereocenters. The van der Waals surface area contributed by atoms with Crippen LogP contribution in [0.3, 0.4) is 0 Å². The quantitative estimate of drug-likeness (QED) is 0.291. The van der Waals surface area contributed by atoms with Gasteiger partial charge in [-0.1, -0.05) is 72.1 Å². The van der Waals surface area contributed by atoms with E-state index in [-0.39, 0.29) is 38.8 Å². The van der Waals surface area contributed by atoms with Crippen LogP contribution in [0.15, 0.2) is 71.6 Å². The third kappa shape index (κ3) is 7.33. The van der Waals surface area contributed by atoms with E-state index in [4.69, 9.17) is 23.2 Å². The number of hydrogen-bond acceptors (Lipinski definition) is 4. The molecule has 0 heterocycles. The van der Waals surface area contributed by atoms with Crippen molar-refractivity contribution in [2.45, 2.75) is 57.6 Å². The van der Waals surface area contributed by atoms with Crippen LogP contribution in [-0.2, 0) is 26.2 Å². The molecular formula is C29H32Cl2FN3O4S. The maximum absolute atomic E-state index is 14.6. The summed E-state index contributed by atoms with van der Waals surface area (Å²) in [5.74, 6) is -1.74. The number of amides is 2. The van der Waals surface area contributed by atoms with Gasteiger partial charge in [-0.2, -0.15) is 0 Å². The lowest BCUT2D eigenvalue weighted by Crippen LogP contribution is -2.52. The average molecular weight is 609 g/mol. The highest BCUT2D eigenvalue weighted by molar-refractivity contribution is 7.92. The summed E-state index contributed by atoms with van der Waals surface area (Å²) in [5, 5.41) is 2.87. The second-order valence-corrected chi connectivity index (χ2v) is 12.2. The van der Waals surface area contributed by atoms with Gasteiger partial charge in [0.15, 0.2) is 0 Å². The molecule has 11 heteroatoms. The standard InChI is InChI=1S/C29H32Cl2FN3O4S/c1-5-20(3)33-29(37)21(4)34(17-22-9-6-7-11-25(22)32)27(36)18-35(26-12-8-10-24(30)28(26)31)40(38,39)23-15-13-19(2)14-16-23/h6-16,20-21H,5,17-18H2,1-4H3,(H,33,37)/t20-,21+/m1/s1. The normalized spacial score (nSPS) is 12.9. The van der Waals surface area contributed by atoms with Crippen LogP contribution in [0.4, 0.5) is 10.1 Å². The fraction of sp³-hybridized carbons (Fsp3) is 0.310. The summed E-state index contributed by atoms with van der Waals surface area (Å²) in [6.45, 7) is 6.08. The zero-order chi connectivity index (χ0) is 29.6. The SMILES string of the molecule is CC[C@@H](C)NC(=O)[C@H](C)N(Cc1ccccc1F)C(=O)CN(c1cccc(Cl)c1Cl)S(=O)(=O)c1ccc(C)cc1. The minimum atomic E-state index is -4.32. The van der Waals surface area contributed by atoms with Gasteiger partial charge in [-0.15, -0.1) is 0 Å². The Kier molecular flexibility index (Phi) is 10.6. The third-order valence-corrected chi connectivity index (χ3v) is 9.14. The molecule has 3 rings (SSSR count). The molecule has 0 radical (unpaired) electrons. The molecule has 0 saturated carbocycles. The number of aryl methyl sites for hydroxylation is 1. The van der Waals surface area contributed by atoms with E-state index >= 15 is 0 Å². The lowest BCUT2D eigenvalue weighted by Gasteiger charge is -2.32. The Morgan fingerprint density at radius 3 is 2.25 bits per heavy atom. The van der Waals surface area contributed by atoms with E-state index in [9.17, 15) is 22.4 Å². The van der Waals surface area contributed by atoms with E-state index in [1.54, 1.807) is 18.2 Å². The van der Waals surface area contributed by atoms with Gasteiger partial charge in [-0.25, -0.2) is 12.8 Å². The molecule has 0 spiro atoms. The molecule has 0 aliphatic heterocycles. The van der Waals surface area contributed by atoms with Crippen molar-refractivity contribution in [1.82, 2.24) is 10.2 Å². The molecular weight excluding hydrogens is 576 g/mol. The highest BCUT2D eigenvalue weighted by Gasteiger charge is 2.34. The second-order valence-electron chi connectivity index (χ2n) is 9.50. The van der Waals surface area contributed by atoms with Crippen LogP contribution in [0, 0.1) is 12.7 Å². The van der Waals surface area contributed by atoms with Crippen LogP contribution >= 0.6 is 23.2 Å². The van der Waals surface area contributed by atoms with E-state index in [2.05, 4.69) is 5.32 Å². The van der Waals surface area contributed by atoms with Crippen molar-refractivity contribution in [3.63, 3.8) is 0 Å². The Balaban J connectivity index is 2.08. The third-order valence-electron chi connectivity index (χ3n) is 6.55. The van der Waals surface area contributed by atoms with Gasteiger partial charge in [0.2, 0.25) is 11.8 Å². The monoisotopic (exact) mass is 607 g/mol. The number of anilines is 1. The number of hydrogen-bond donors (Lipinski definition) is 1. The minimum absolute atomic E-state index is 0.00866. The van der Waals surface area contributed by atoms with Crippen LogP contribution in [0.2, 0.25) is 10.0 Å². The first-order valence-electron chi connectivity index (χ1n) is 12.7. The molecule has 3 aromatic rings. The highest BCUT2D eigenvalue weighted by Crippen LogP contribution is 2.35. The minimum Gasteiger partial charge on any atom is -0.352 e. The van der Waals surface area contributed by atoms with Crippen LogP contribution < -0.4 is 9.62 Å². The summed E-state index contributed by atoms with van der Waals surface area (Å²) in [4.78, 5) is 28.1. The Bertz CT molecular complexity index is 1470. The first-order chi connectivity index (χ1) is 18.9. The maximum atomic E-state index is 14.6. The molecule has 1 N–H and O–H groups in total. The van der Waals surface area contributed by atoms with Gasteiger partial charge in [0, 0.05) is 18.2 Å². The fourth-order valence-corrected chi connectivity index (χ4v) is 5.77. The maximum Gasteiger partial charge on any atom is 0.264 e. The highest BCUT2D eigenvalue weighted by atomic mass is 35.5. The number of sulfonamides is 1. The molecule has 0 fully saturated rings. The van der Waals surface area contributed by atoms with Gasteiger partial charge in [0.1, 0.15) is 18.4 Å². The van der Waals surface area contributed by atoms with Crippen molar-refractivity contribution < 1.29 is 22.4 Å². The van der Waals surface area contributed by atoms with Crippen LogP contribution in [0.25, 0.3) is 0 Å². The molecule has 2 amide bonds. The van der Waals surface area contributed by atoms with Crippen LogP contribution in [0.5, 0.6) is 0 Å². The molecule has 0 aliphatic carbocycles. The van der Waals surface area contributed by atoms with Crippen molar-refractivity contribution in [2.75, 3.05) is 10.8 Å². The molecule has 214 valence electrons. The van der Waals surface area contributed by atoms with Crippen molar-refractivity contribution in [3.05, 3.63) is 93.7 Å². The molecule has 0 bridgehead atoms. The van der Waals surface area contributed by atoms with Crippen molar-refractivity contribution >= 4 is 50.7 Å². The van der Waals surface area contributed by atoms with E-state index in [1.165, 1.54) is 55.5 Å². The number of nitrogens with one attached hydrogen (secondary N) is 1. The van der Waals surface area contributed by atoms with Crippen LogP contribution in [-0.4, -0.2) is 43.8 Å². The Morgan fingerprint density at radius 2 is 1.62 bits per heavy atom. The topological polar surface area (TPSA) is 86.8 Å². The predicted octanol–water partition coefficient (Wildman–Crippen LogP) is 5.97. The van der Waals surface area contributed by atoms with Gasteiger partial charge < -0.3 is 10.2 Å². The summed E-state index contributed by atoms with van der Waals surface area (Å²) in [5.41, 5.74) is 1.01. The molecule has 0 saturated heterocycles. The van der Waals surface area contributed by atoms with E-state index in [1.807, 2.05) is 20.8 Å². The molecule has 0 aliphatic rings. The Labute approximate surface area is 244 Å². The van der Waals surface area contributed by atoms with E-state index in [0.717, 1.165) is 14.8 Å². The number of carbonyl (C=O) groups is 2. The van der Waals surface area contributed by atoms with Gasteiger partial charge in [-0.3, -0.25) is 13.9 Å². The van der Waals surface area contributed by atoms with E-state index in [0.29, 0.717) is 6.42 Å². The molecule has 0 aromatic heterocycles. The summed E-state index contributed by atoms with van der Waals surface area (Å²) in [6, 6.07) is 15.3. The van der Waals surface area contributed by atoms with Gasteiger partial charge in [0.05, 0.1) is 20.6 Å². The summed E-state index contributed by atoms with van der Waals surface area (Å²) < 4.78 is 43.3. The number of carbonyl (C=O) groups excluding carboxylic acids is 2. The zero-order valence-corrected chi connectivity index (χ0v) is 25.0. The lowest BCUT2D eigenvalue weighted by molar-refractivity contribution is -0.139. The largest absolute Gasteiger partial charge is 0.352 e. The number of rotatable bonds is 11. The summed E-state index contributed by atoms with van der Waals surface area (Å²) in [7, 11) is -4.32. The van der Waals surface area contributed by atoms with Crippen molar-refractivity contribution in [1.29, 1.82) is 0 Å². The first-order valence-corrected chi connectivity index (χ1v) is 14.9. The van der Waals surface area contributed by atoms with Crippen molar-refractivity contribution in [3.8, 4) is 0 Å². The van der Waals surface area contributed by atoms with Gasteiger partial charge in [0.25, 0.3) is 10.0 Å². The Hall–Kier alpha value is -3.14. The number of halogens is 3. The predicted molar refractivity (Wildman–Crippen MR) is 156 cm³/mol. The van der Waals surface area contributed by atoms with Crippen LogP contribution in [0.1, 0.15) is 38.3 Å². The summed E-state index contributed by atoms with van der Waals surface area (Å²) in [6.07, 6.45) is 0.662. The van der Waals surface area contributed by atoms with E-state index < -0.39 is 40.2 Å². The number of benzene rings is 3. The number of nitrogens with zero attached hydrogens (tertiary/aromatic N) is 2. The molecule has 3 aromatic carbocycles. The molecule has 7 nitrogen and oxygen atoms in total. The lowest BCUT2D eigenvalue weighted by atomic mass is 10.1. The van der Waals surface area contributed by atoms with Crippen molar-refractivity contribution in [2.24, 2.45) is 0 Å². The average Bonchev–Trinajstić information content (AvgIpc) is 2.92. The smallest absolute Gasteiger partial charge is 0.264 e. The zero-order valence-electron chi connectivity index (χ0n) is 22.7. The second kappa shape index (κ2) is 13.5.